The van der Waals surface area contributed by atoms with Crippen LogP contribution in [0, 0.1) is 0 Å². The molecule has 2 fully saturated rings. The second kappa shape index (κ2) is 7.04. The van der Waals surface area contributed by atoms with Gasteiger partial charge in [-0.05, 0) is 38.1 Å². The minimum absolute atomic E-state index is 0.00227. The standard InChI is InChI=1S/C22H24N4O2/c1-25-17-10-15(11-18(25)14-28-13-17)24-22(27)20-12-26(16-6-8-23-9-7-16)21-5-3-2-4-19(20)21/h2-9,12,15,17-18H,10-11,13-14H2,1H3,(H,24,27)/t15?,17-,18+. The number of amides is 1. The van der Waals surface area contributed by atoms with E-state index in [1.165, 1.54) is 0 Å². The van der Waals surface area contributed by atoms with Gasteiger partial charge in [0.15, 0.2) is 0 Å². The largest absolute Gasteiger partial charge is 0.378 e. The number of hydrogen-bond acceptors (Lipinski definition) is 4. The van der Waals surface area contributed by atoms with Gasteiger partial charge in [0.05, 0.1) is 24.3 Å². The molecule has 5 rings (SSSR count). The zero-order valence-electron chi connectivity index (χ0n) is 15.9. The van der Waals surface area contributed by atoms with E-state index >= 15 is 0 Å². The molecule has 2 aliphatic heterocycles. The van der Waals surface area contributed by atoms with E-state index in [1.807, 2.05) is 42.6 Å². The van der Waals surface area contributed by atoms with E-state index in [9.17, 15) is 4.79 Å². The first-order valence-corrected chi connectivity index (χ1v) is 9.82. The minimum Gasteiger partial charge on any atom is -0.378 e. The summed E-state index contributed by atoms with van der Waals surface area (Å²) in [6.45, 7) is 1.50. The molecular formula is C22H24N4O2. The fourth-order valence-electron chi connectivity index (χ4n) is 4.55. The van der Waals surface area contributed by atoms with Crippen LogP contribution in [0.3, 0.4) is 0 Å². The first-order valence-electron chi connectivity index (χ1n) is 9.82. The van der Waals surface area contributed by atoms with Crippen LogP contribution in [0.1, 0.15) is 23.2 Å². The zero-order valence-corrected chi connectivity index (χ0v) is 15.9. The molecule has 6 heteroatoms. The van der Waals surface area contributed by atoms with Crippen LogP contribution < -0.4 is 5.32 Å². The van der Waals surface area contributed by atoms with E-state index in [-0.39, 0.29) is 11.9 Å². The molecule has 2 aliphatic rings. The van der Waals surface area contributed by atoms with Crippen molar-refractivity contribution in [1.29, 1.82) is 0 Å². The van der Waals surface area contributed by atoms with E-state index in [1.54, 1.807) is 12.4 Å². The number of nitrogens with zero attached hydrogens (tertiary/aromatic N) is 3. The molecule has 6 nitrogen and oxygen atoms in total. The molecule has 2 bridgehead atoms. The molecule has 1 aromatic carbocycles. The van der Waals surface area contributed by atoms with Gasteiger partial charge in [-0.3, -0.25) is 14.7 Å². The van der Waals surface area contributed by atoms with Crippen molar-refractivity contribution in [3.05, 3.63) is 60.6 Å². The smallest absolute Gasteiger partial charge is 0.253 e. The van der Waals surface area contributed by atoms with Gasteiger partial charge in [-0.1, -0.05) is 18.2 Å². The Bertz CT molecular complexity index is 986. The summed E-state index contributed by atoms with van der Waals surface area (Å²) in [6, 6.07) is 12.9. The van der Waals surface area contributed by atoms with Crippen LogP contribution in [-0.2, 0) is 4.74 Å². The average Bonchev–Trinajstić information content (AvgIpc) is 3.09. The summed E-state index contributed by atoms with van der Waals surface area (Å²) in [5, 5.41) is 4.26. The third-order valence-electron chi connectivity index (χ3n) is 6.12. The molecule has 4 heterocycles. The van der Waals surface area contributed by atoms with Gasteiger partial charge in [-0.25, -0.2) is 0 Å². The van der Waals surface area contributed by atoms with Gasteiger partial charge >= 0.3 is 0 Å². The third kappa shape index (κ3) is 2.99. The highest BCUT2D eigenvalue weighted by atomic mass is 16.5. The summed E-state index contributed by atoms with van der Waals surface area (Å²) in [6.07, 6.45) is 7.34. The fourth-order valence-corrected chi connectivity index (χ4v) is 4.55. The monoisotopic (exact) mass is 376 g/mol. The van der Waals surface area contributed by atoms with Gasteiger partial charge in [0, 0.05) is 47.8 Å². The quantitative estimate of drug-likeness (QED) is 0.763. The van der Waals surface area contributed by atoms with Crippen LogP contribution in [0.4, 0.5) is 0 Å². The molecule has 2 saturated heterocycles. The van der Waals surface area contributed by atoms with E-state index in [2.05, 4.69) is 26.8 Å². The zero-order chi connectivity index (χ0) is 19.1. The molecule has 144 valence electrons. The SMILES string of the molecule is CN1[C@@H]2COC[C@H]1CC(NC(=O)c1cn(-c3ccncc3)c3ccccc13)C2. The minimum atomic E-state index is -0.00227. The molecule has 0 spiro atoms. The maximum Gasteiger partial charge on any atom is 0.253 e. The Balaban J connectivity index is 1.44. The summed E-state index contributed by atoms with van der Waals surface area (Å²) in [4.78, 5) is 19.7. The number of ether oxygens (including phenoxy) is 1. The average molecular weight is 376 g/mol. The van der Waals surface area contributed by atoms with Crippen molar-refractivity contribution >= 4 is 16.8 Å². The van der Waals surface area contributed by atoms with Crippen LogP contribution in [0.5, 0.6) is 0 Å². The first kappa shape index (κ1) is 17.4. The number of rotatable bonds is 3. The molecule has 0 aliphatic carbocycles. The van der Waals surface area contributed by atoms with Crippen LogP contribution >= 0.6 is 0 Å². The van der Waals surface area contributed by atoms with Crippen LogP contribution in [0.15, 0.2) is 55.0 Å². The van der Waals surface area contributed by atoms with E-state index in [0.29, 0.717) is 17.6 Å². The maximum atomic E-state index is 13.2. The lowest BCUT2D eigenvalue weighted by molar-refractivity contribution is -0.0670. The van der Waals surface area contributed by atoms with Crippen molar-refractivity contribution in [3.63, 3.8) is 0 Å². The second-order valence-corrected chi connectivity index (χ2v) is 7.79. The number of fused-ring (bicyclic) bond motifs is 3. The highest BCUT2D eigenvalue weighted by molar-refractivity contribution is 6.07. The lowest BCUT2D eigenvalue weighted by Crippen LogP contribution is -2.59. The van der Waals surface area contributed by atoms with Crippen molar-refractivity contribution in [1.82, 2.24) is 19.8 Å². The number of morpholine rings is 1. The molecule has 3 atom stereocenters. The third-order valence-corrected chi connectivity index (χ3v) is 6.12. The Labute approximate surface area is 164 Å². The summed E-state index contributed by atoms with van der Waals surface area (Å²) in [5.74, 6) is -0.00227. The number of carbonyl (C=O) groups excluding carboxylic acids is 1. The Hall–Kier alpha value is -2.70. The van der Waals surface area contributed by atoms with E-state index < -0.39 is 0 Å². The summed E-state index contributed by atoms with van der Waals surface area (Å²) < 4.78 is 7.75. The highest BCUT2D eigenvalue weighted by Gasteiger charge is 2.37. The molecule has 0 saturated carbocycles. The number of carbonyl (C=O) groups is 1. The fraction of sp³-hybridized carbons (Fsp3) is 0.364. The van der Waals surface area contributed by atoms with Crippen molar-refractivity contribution in [2.24, 2.45) is 0 Å². The van der Waals surface area contributed by atoms with Crippen LogP contribution in [0.25, 0.3) is 16.6 Å². The predicted octanol–water partition coefficient (Wildman–Crippen LogP) is 2.62. The maximum absolute atomic E-state index is 13.2. The van der Waals surface area contributed by atoms with Crippen LogP contribution in [-0.4, -0.2) is 58.7 Å². The Morgan fingerprint density at radius 3 is 2.57 bits per heavy atom. The van der Waals surface area contributed by atoms with Crippen LogP contribution in [0.2, 0.25) is 0 Å². The Morgan fingerprint density at radius 2 is 1.82 bits per heavy atom. The Kier molecular flexibility index (Phi) is 4.37. The van der Waals surface area contributed by atoms with Gasteiger partial charge in [0.2, 0.25) is 0 Å². The molecule has 2 aromatic heterocycles. The van der Waals surface area contributed by atoms with Gasteiger partial charge < -0.3 is 14.6 Å². The molecular weight excluding hydrogens is 352 g/mol. The highest BCUT2D eigenvalue weighted by Crippen LogP contribution is 2.28. The number of nitrogens with one attached hydrogen (secondary N) is 1. The Morgan fingerprint density at radius 1 is 1.11 bits per heavy atom. The van der Waals surface area contributed by atoms with E-state index in [0.717, 1.165) is 42.6 Å². The molecule has 1 amide bonds. The van der Waals surface area contributed by atoms with Gasteiger partial charge in [-0.2, -0.15) is 0 Å². The summed E-state index contributed by atoms with van der Waals surface area (Å²) in [7, 11) is 2.16. The number of piperidine rings is 1. The number of pyridine rings is 1. The topological polar surface area (TPSA) is 59.4 Å². The number of aromatic nitrogens is 2. The molecule has 28 heavy (non-hydrogen) atoms. The molecule has 3 aromatic rings. The normalized spacial score (nSPS) is 25.0. The van der Waals surface area contributed by atoms with Crippen molar-refractivity contribution in [2.45, 2.75) is 31.0 Å². The van der Waals surface area contributed by atoms with Gasteiger partial charge in [-0.15, -0.1) is 0 Å². The predicted molar refractivity (Wildman–Crippen MR) is 108 cm³/mol. The number of para-hydroxylation sites is 1. The number of hydrogen-bond donors (Lipinski definition) is 1. The number of likely N-dealkylation sites (N-methyl/N-ethyl adjacent to an activating group) is 1. The molecule has 1 N–H and O–H groups in total. The van der Waals surface area contributed by atoms with Gasteiger partial charge in [0.25, 0.3) is 5.91 Å². The lowest BCUT2D eigenvalue weighted by Gasteiger charge is -2.46. The number of benzene rings is 1. The molecule has 1 unspecified atom stereocenters. The second-order valence-electron chi connectivity index (χ2n) is 7.79. The lowest BCUT2D eigenvalue weighted by atomic mass is 9.90. The molecule has 0 radical (unpaired) electrons. The first-order chi connectivity index (χ1) is 13.7. The summed E-state index contributed by atoms with van der Waals surface area (Å²) >= 11 is 0. The summed E-state index contributed by atoms with van der Waals surface area (Å²) in [5.41, 5.74) is 2.73. The van der Waals surface area contributed by atoms with Crippen molar-refractivity contribution in [2.75, 3.05) is 20.3 Å². The van der Waals surface area contributed by atoms with E-state index in [4.69, 9.17) is 4.74 Å². The van der Waals surface area contributed by atoms with Crippen molar-refractivity contribution in [3.8, 4) is 5.69 Å². The van der Waals surface area contributed by atoms with Crippen molar-refractivity contribution < 1.29 is 9.53 Å². The van der Waals surface area contributed by atoms with Gasteiger partial charge in [0.1, 0.15) is 0 Å².